The number of halogens is 1. The van der Waals surface area contributed by atoms with Crippen molar-refractivity contribution in [2.75, 3.05) is 11.9 Å². The minimum Gasteiger partial charge on any atom is -0.387 e. The monoisotopic (exact) mass is 347 g/mol. The van der Waals surface area contributed by atoms with Gasteiger partial charge in [-0.2, -0.15) is 11.3 Å². The molecular weight excluding hydrogens is 337 g/mol. The van der Waals surface area contributed by atoms with E-state index in [2.05, 4.69) is 37.9 Å². The Kier molecular flexibility index (Phi) is 4.08. The first-order valence-corrected chi connectivity index (χ1v) is 6.69. The van der Waals surface area contributed by atoms with E-state index in [0.717, 1.165) is 15.0 Å². The van der Waals surface area contributed by atoms with Crippen LogP contribution in [0.3, 0.4) is 0 Å². The summed E-state index contributed by atoms with van der Waals surface area (Å²) in [6, 6.07) is 1.92. The fourth-order valence-corrected chi connectivity index (χ4v) is 2.42. The van der Waals surface area contributed by atoms with Crippen LogP contribution in [0.1, 0.15) is 11.7 Å². The summed E-state index contributed by atoms with van der Waals surface area (Å²) < 4.78 is 0.942. The normalized spacial score (nSPS) is 12.4. The van der Waals surface area contributed by atoms with Gasteiger partial charge in [0.25, 0.3) is 0 Å². The van der Waals surface area contributed by atoms with E-state index in [1.165, 1.54) is 6.33 Å². The van der Waals surface area contributed by atoms with Gasteiger partial charge in [-0.15, -0.1) is 0 Å². The molecule has 4 nitrogen and oxygen atoms in total. The molecule has 2 N–H and O–H groups in total. The number of rotatable bonds is 4. The molecule has 16 heavy (non-hydrogen) atoms. The molecule has 2 heterocycles. The fraction of sp³-hybridized carbons (Fsp3) is 0.200. The second-order valence-corrected chi connectivity index (χ2v) is 5.11. The van der Waals surface area contributed by atoms with Crippen LogP contribution in [0.5, 0.6) is 0 Å². The van der Waals surface area contributed by atoms with Crippen LogP contribution < -0.4 is 5.32 Å². The van der Waals surface area contributed by atoms with Crippen molar-refractivity contribution in [3.63, 3.8) is 0 Å². The third-order valence-electron chi connectivity index (χ3n) is 2.06. The molecule has 2 aromatic heterocycles. The van der Waals surface area contributed by atoms with Crippen LogP contribution in [-0.4, -0.2) is 21.6 Å². The Labute approximate surface area is 111 Å². The lowest BCUT2D eigenvalue weighted by Gasteiger charge is -2.11. The van der Waals surface area contributed by atoms with Crippen molar-refractivity contribution < 1.29 is 5.11 Å². The summed E-state index contributed by atoms with van der Waals surface area (Å²) in [5.41, 5.74) is 0.932. The van der Waals surface area contributed by atoms with Gasteiger partial charge in [0.05, 0.1) is 9.67 Å². The maximum absolute atomic E-state index is 9.86. The van der Waals surface area contributed by atoms with E-state index in [1.807, 2.05) is 16.8 Å². The van der Waals surface area contributed by atoms with Gasteiger partial charge >= 0.3 is 0 Å². The zero-order valence-corrected chi connectivity index (χ0v) is 11.3. The summed E-state index contributed by atoms with van der Waals surface area (Å²) in [6.07, 6.45) is 2.71. The largest absolute Gasteiger partial charge is 0.387 e. The van der Waals surface area contributed by atoms with Crippen molar-refractivity contribution in [3.05, 3.63) is 38.5 Å². The summed E-state index contributed by atoms with van der Waals surface area (Å²) in [4.78, 5) is 8.00. The number of hydrogen-bond donors (Lipinski definition) is 2. The number of aliphatic hydroxyl groups excluding tert-OH is 1. The molecule has 0 aliphatic rings. The van der Waals surface area contributed by atoms with Gasteiger partial charge < -0.3 is 10.4 Å². The first kappa shape index (κ1) is 11.7. The molecule has 0 spiro atoms. The molecule has 0 aromatic carbocycles. The van der Waals surface area contributed by atoms with Gasteiger partial charge in [-0.1, -0.05) is 0 Å². The molecule has 0 saturated carbocycles. The SMILES string of the molecule is OC(CNc1ncncc1I)c1ccsc1. The summed E-state index contributed by atoms with van der Waals surface area (Å²) >= 11 is 3.73. The summed E-state index contributed by atoms with van der Waals surface area (Å²) in [5, 5.41) is 16.9. The van der Waals surface area contributed by atoms with Crippen LogP contribution in [0.2, 0.25) is 0 Å². The Balaban J connectivity index is 1.95. The zero-order chi connectivity index (χ0) is 11.4. The van der Waals surface area contributed by atoms with Crippen LogP contribution in [0.25, 0.3) is 0 Å². The minimum atomic E-state index is -0.503. The lowest BCUT2D eigenvalue weighted by atomic mass is 10.2. The number of thiophene rings is 1. The Hall–Kier alpha value is -0.730. The van der Waals surface area contributed by atoms with Crippen molar-refractivity contribution in [3.8, 4) is 0 Å². The molecule has 0 aliphatic heterocycles. The van der Waals surface area contributed by atoms with Crippen LogP contribution in [-0.2, 0) is 0 Å². The lowest BCUT2D eigenvalue weighted by Crippen LogP contribution is -2.13. The van der Waals surface area contributed by atoms with E-state index in [9.17, 15) is 5.11 Å². The lowest BCUT2D eigenvalue weighted by molar-refractivity contribution is 0.192. The Morgan fingerprint density at radius 3 is 3.12 bits per heavy atom. The third-order valence-corrected chi connectivity index (χ3v) is 3.55. The van der Waals surface area contributed by atoms with Crippen molar-refractivity contribution in [1.82, 2.24) is 9.97 Å². The van der Waals surface area contributed by atoms with Crippen molar-refractivity contribution in [2.45, 2.75) is 6.10 Å². The highest BCUT2D eigenvalue weighted by Crippen LogP contribution is 2.18. The van der Waals surface area contributed by atoms with Crippen LogP contribution in [0.4, 0.5) is 5.82 Å². The first-order chi connectivity index (χ1) is 7.77. The smallest absolute Gasteiger partial charge is 0.142 e. The van der Waals surface area contributed by atoms with Gasteiger partial charge in [0.2, 0.25) is 0 Å². The van der Waals surface area contributed by atoms with Gasteiger partial charge in [0.1, 0.15) is 12.1 Å². The molecule has 0 aliphatic carbocycles. The van der Waals surface area contributed by atoms with Gasteiger partial charge in [0, 0.05) is 12.7 Å². The Bertz CT molecular complexity index is 449. The molecule has 6 heteroatoms. The van der Waals surface area contributed by atoms with E-state index < -0.39 is 6.10 Å². The number of nitrogens with zero attached hydrogens (tertiary/aromatic N) is 2. The first-order valence-electron chi connectivity index (χ1n) is 4.67. The third kappa shape index (κ3) is 2.89. The minimum absolute atomic E-state index is 0.448. The topological polar surface area (TPSA) is 58.0 Å². The number of aromatic nitrogens is 2. The standard InChI is InChI=1S/C10H10IN3OS/c11-8-3-12-6-14-10(8)13-4-9(15)7-1-2-16-5-7/h1-3,5-6,9,15H,4H2,(H,12,13,14). The second-order valence-electron chi connectivity index (χ2n) is 3.17. The summed E-state index contributed by atoms with van der Waals surface area (Å²) in [7, 11) is 0. The number of aliphatic hydroxyl groups is 1. The molecular formula is C10H10IN3OS. The fourth-order valence-electron chi connectivity index (χ4n) is 1.22. The predicted molar refractivity (Wildman–Crippen MR) is 72.5 cm³/mol. The highest BCUT2D eigenvalue weighted by molar-refractivity contribution is 14.1. The van der Waals surface area contributed by atoms with Gasteiger partial charge in [0.15, 0.2) is 0 Å². The van der Waals surface area contributed by atoms with Gasteiger partial charge in [-0.25, -0.2) is 9.97 Å². The average Bonchev–Trinajstić information content (AvgIpc) is 2.81. The van der Waals surface area contributed by atoms with Crippen molar-refractivity contribution in [2.24, 2.45) is 0 Å². The van der Waals surface area contributed by atoms with Crippen LogP contribution in [0.15, 0.2) is 29.4 Å². The molecule has 2 aromatic rings. The summed E-state index contributed by atoms with van der Waals surface area (Å²) in [6.45, 7) is 0.448. The number of hydrogen-bond acceptors (Lipinski definition) is 5. The van der Waals surface area contributed by atoms with E-state index in [0.29, 0.717) is 6.54 Å². The average molecular weight is 347 g/mol. The van der Waals surface area contributed by atoms with E-state index in [1.54, 1.807) is 17.5 Å². The molecule has 2 rings (SSSR count). The molecule has 0 radical (unpaired) electrons. The summed E-state index contributed by atoms with van der Waals surface area (Å²) in [5.74, 6) is 0.755. The van der Waals surface area contributed by atoms with Crippen molar-refractivity contribution in [1.29, 1.82) is 0 Å². The highest BCUT2D eigenvalue weighted by atomic mass is 127. The molecule has 0 fully saturated rings. The molecule has 1 atom stereocenters. The second kappa shape index (κ2) is 5.55. The Morgan fingerprint density at radius 1 is 1.56 bits per heavy atom. The molecule has 1 unspecified atom stereocenters. The van der Waals surface area contributed by atoms with Gasteiger partial charge in [-0.05, 0) is 45.0 Å². The molecule has 0 amide bonds. The van der Waals surface area contributed by atoms with E-state index >= 15 is 0 Å². The number of anilines is 1. The molecule has 0 bridgehead atoms. The van der Waals surface area contributed by atoms with Crippen LogP contribution in [0, 0.1) is 3.57 Å². The predicted octanol–water partition coefficient (Wildman–Crippen LogP) is 2.29. The van der Waals surface area contributed by atoms with Crippen molar-refractivity contribution >= 4 is 39.7 Å². The zero-order valence-electron chi connectivity index (χ0n) is 8.30. The molecule has 0 saturated heterocycles. The molecule has 84 valence electrons. The number of nitrogens with one attached hydrogen (secondary N) is 1. The van der Waals surface area contributed by atoms with E-state index in [4.69, 9.17) is 0 Å². The van der Waals surface area contributed by atoms with Crippen LogP contribution >= 0.6 is 33.9 Å². The van der Waals surface area contributed by atoms with Gasteiger partial charge in [-0.3, -0.25) is 0 Å². The Morgan fingerprint density at radius 2 is 2.44 bits per heavy atom. The maximum Gasteiger partial charge on any atom is 0.142 e. The quantitative estimate of drug-likeness (QED) is 0.834. The highest BCUT2D eigenvalue weighted by Gasteiger charge is 2.08. The van der Waals surface area contributed by atoms with E-state index in [-0.39, 0.29) is 0 Å². The maximum atomic E-state index is 9.86.